The molecule has 70 heavy (non-hydrogen) atoms. The van der Waals surface area contributed by atoms with Crippen LogP contribution >= 0.6 is 0 Å². The Balaban J connectivity index is 1.06. The van der Waals surface area contributed by atoms with Gasteiger partial charge in [0.15, 0.2) is 6.29 Å². The number of para-hydroxylation sites is 3. The molecule has 0 aliphatic rings. The normalized spacial score (nSPS) is 11.8. The Morgan fingerprint density at radius 2 is 0.800 bits per heavy atom. The van der Waals surface area contributed by atoms with Crippen LogP contribution in [-0.2, 0) is 7.05 Å². The van der Waals surface area contributed by atoms with Crippen LogP contribution in [0.4, 0.5) is 5.69 Å². The number of pyridine rings is 3. The highest BCUT2D eigenvalue weighted by Crippen LogP contribution is 2.42. The molecule has 0 amide bonds. The van der Waals surface area contributed by atoms with E-state index in [0.29, 0.717) is 49.8 Å². The van der Waals surface area contributed by atoms with E-state index in [9.17, 15) is 14.4 Å². The lowest BCUT2D eigenvalue weighted by Gasteiger charge is -2.18. The molecule has 5 heterocycles. The van der Waals surface area contributed by atoms with Gasteiger partial charge in [0.05, 0.1) is 27.5 Å². The van der Waals surface area contributed by atoms with E-state index in [1.54, 1.807) is 14.9 Å². The Bertz CT molecular complexity index is 4100. The molecule has 0 fully saturated rings. The number of aldehydes is 1. The second kappa shape index (κ2) is 17.2. The highest BCUT2D eigenvalue weighted by Gasteiger charge is 2.18. The van der Waals surface area contributed by atoms with Crippen molar-refractivity contribution in [2.24, 2.45) is 12.0 Å². The zero-order valence-corrected chi connectivity index (χ0v) is 37.8. The zero-order chi connectivity index (χ0) is 47.3. The Morgan fingerprint density at radius 3 is 1.27 bits per heavy atom. The monoisotopic (exact) mass is 904 g/mol. The van der Waals surface area contributed by atoms with Crippen molar-refractivity contribution in [3.8, 4) is 66.8 Å². The maximum Gasteiger partial charge on any atom is 0.265 e. The van der Waals surface area contributed by atoms with Crippen LogP contribution in [0.5, 0.6) is 0 Å². The average molecular weight is 905 g/mol. The highest BCUT2D eigenvalue weighted by atomic mass is 16.1. The molecule has 0 atom stereocenters. The van der Waals surface area contributed by atoms with Crippen molar-refractivity contribution in [3.05, 3.63) is 251 Å². The molecule has 0 bridgehead atoms. The Morgan fingerprint density at radius 1 is 0.414 bits per heavy atom. The van der Waals surface area contributed by atoms with Crippen LogP contribution in [0.25, 0.3) is 99.9 Å². The van der Waals surface area contributed by atoms with E-state index in [1.165, 1.54) is 0 Å². The molecule has 0 N–H and O–H groups in total. The maximum absolute atomic E-state index is 13.6. The minimum atomic E-state index is -0.114. The first-order valence-corrected chi connectivity index (χ1v) is 22.9. The lowest BCUT2D eigenvalue weighted by molar-refractivity contribution is 0.112. The van der Waals surface area contributed by atoms with Gasteiger partial charge in [0.25, 0.3) is 11.1 Å². The average Bonchev–Trinajstić information content (AvgIpc) is 3.41. The number of carbonyl (C=O) groups is 1. The third-order valence-corrected chi connectivity index (χ3v) is 13.0. The summed E-state index contributed by atoms with van der Waals surface area (Å²) in [4.78, 5) is 53.9. The predicted octanol–water partition coefficient (Wildman–Crippen LogP) is 12.4. The molecular weight excluding hydrogens is 865 g/mol. The Kier molecular flexibility index (Phi) is 10.3. The molecular formula is C61H40N6O3. The predicted molar refractivity (Wildman–Crippen MR) is 280 cm³/mol. The molecule has 12 rings (SSSR count). The standard InChI is InChI=1S/C61H40N6O3/c1-65-29-26-39(35-57(65)62-54-23-11-2-14-42(54)38-68)46-15-3-6-18-49(46)43-32-44(50-19-7-4-16-47(50)40-27-30-66-58(36-40)63-55-24-12-9-21-52(55)60(66)69)34-45(33-43)51-20-8-5-17-48(51)41-28-31-67-59(37-41)64-56-25-13-10-22-53(56)61(67)70/h2-38H,1H3. The molecule has 0 saturated carbocycles. The van der Waals surface area contributed by atoms with Crippen LogP contribution < -0.4 is 16.6 Å². The van der Waals surface area contributed by atoms with Crippen molar-refractivity contribution in [1.82, 2.24) is 23.3 Å². The van der Waals surface area contributed by atoms with Gasteiger partial charge in [-0.25, -0.2) is 15.0 Å². The quantitative estimate of drug-likeness (QED) is 0.112. The number of hydrogen-bond acceptors (Lipinski definition) is 6. The first kappa shape index (κ1) is 41.8. The minimum Gasteiger partial charge on any atom is -0.336 e. The lowest BCUT2D eigenvalue weighted by Crippen LogP contribution is -2.16. The van der Waals surface area contributed by atoms with Gasteiger partial charge in [-0.2, -0.15) is 0 Å². The van der Waals surface area contributed by atoms with E-state index >= 15 is 0 Å². The van der Waals surface area contributed by atoms with Gasteiger partial charge in [-0.1, -0.05) is 109 Å². The molecule has 332 valence electrons. The van der Waals surface area contributed by atoms with E-state index in [4.69, 9.17) is 15.0 Å². The third-order valence-electron chi connectivity index (χ3n) is 13.0. The number of rotatable bonds is 8. The van der Waals surface area contributed by atoms with Crippen LogP contribution in [0.1, 0.15) is 10.4 Å². The molecule has 0 spiro atoms. The van der Waals surface area contributed by atoms with Gasteiger partial charge in [-0.15, -0.1) is 0 Å². The van der Waals surface area contributed by atoms with Gasteiger partial charge in [-0.05, 0) is 158 Å². The summed E-state index contributed by atoms with van der Waals surface area (Å²) in [6.07, 6.45) is 6.45. The van der Waals surface area contributed by atoms with Gasteiger partial charge < -0.3 is 4.57 Å². The first-order valence-electron chi connectivity index (χ1n) is 22.9. The van der Waals surface area contributed by atoms with Crippen molar-refractivity contribution >= 4 is 45.1 Å². The fourth-order valence-electron chi connectivity index (χ4n) is 9.54. The molecule has 12 aromatic rings. The van der Waals surface area contributed by atoms with E-state index in [-0.39, 0.29) is 11.1 Å². The smallest absolute Gasteiger partial charge is 0.265 e. The zero-order valence-electron chi connectivity index (χ0n) is 37.8. The molecule has 7 aromatic carbocycles. The van der Waals surface area contributed by atoms with Crippen molar-refractivity contribution in [1.29, 1.82) is 0 Å². The van der Waals surface area contributed by atoms with Crippen LogP contribution in [0.2, 0.25) is 0 Å². The second-order valence-corrected chi connectivity index (χ2v) is 17.3. The summed E-state index contributed by atoms with van der Waals surface area (Å²) in [5, 5.41) is 1.14. The van der Waals surface area contributed by atoms with E-state index in [0.717, 1.165) is 73.0 Å². The van der Waals surface area contributed by atoms with Crippen molar-refractivity contribution in [2.75, 3.05) is 0 Å². The van der Waals surface area contributed by atoms with E-state index < -0.39 is 0 Å². The second-order valence-electron chi connectivity index (χ2n) is 17.3. The summed E-state index contributed by atoms with van der Waals surface area (Å²) < 4.78 is 5.15. The van der Waals surface area contributed by atoms with Crippen molar-refractivity contribution in [3.63, 3.8) is 0 Å². The fraction of sp³-hybridized carbons (Fsp3) is 0.0164. The highest BCUT2D eigenvalue weighted by molar-refractivity contribution is 5.95. The summed E-state index contributed by atoms with van der Waals surface area (Å²) >= 11 is 0. The van der Waals surface area contributed by atoms with E-state index in [1.807, 2.05) is 139 Å². The molecule has 0 radical (unpaired) electrons. The summed E-state index contributed by atoms with van der Waals surface area (Å²) in [6, 6.07) is 66.0. The summed E-state index contributed by atoms with van der Waals surface area (Å²) in [5.41, 5.74) is 15.7. The van der Waals surface area contributed by atoms with Crippen molar-refractivity contribution < 1.29 is 4.79 Å². The third kappa shape index (κ3) is 7.39. The molecule has 5 aromatic heterocycles. The summed E-state index contributed by atoms with van der Waals surface area (Å²) in [6.45, 7) is 0. The number of hydrogen-bond donors (Lipinski definition) is 0. The molecule has 9 nitrogen and oxygen atoms in total. The van der Waals surface area contributed by atoms with Crippen LogP contribution in [0.3, 0.4) is 0 Å². The maximum atomic E-state index is 13.6. The summed E-state index contributed by atoms with van der Waals surface area (Å²) in [7, 11) is 1.95. The topological polar surface area (TPSA) is 103 Å². The molecule has 0 aliphatic carbocycles. The molecule has 0 saturated heterocycles. The van der Waals surface area contributed by atoms with Gasteiger partial charge in [0, 0.05) is 31.2 Å². The van der Waals surface area contributed by atoms with Gasteiger partial charge in [0.1, 0.15) is 16.8 Å². The summed E-state index contributed by atoms with van der Waals surface area (Å²) in [5.74, 6) is 0. The van der Waals surface area contributed by atoms with Gasteiger partial charge in [0.2, 0.25) is 0 Å². The molecule has 9 heteroatoms. The number of carbonyl (C=O) groups excluding carboxylic acids is 1. The number of aromatic nitrogens is 5. The van der Waals surface area contributed by atoms with Crippen LogP contribution in [-0.4, -0.2) is 29.6 Å². The Hall–Kier alpha value is -9.60. The number of fused-ring (bicyclic) bond motifs is 4. The van der Waals surface area contributed by atoms with Crippen molar-refractivity contribution in [2.45, 2.75) is 0 Å². The Labute approximate surface area is 400 Å². The van der Waals surface area contributed by atoms with Crippen LogP contribution in [0.15, 0.2) is 233 Å². The fourth-order valence-corrected chi connectivity index (χ4v) is 9.54. The van der Waals surface area contributed by atoms with E-state index in [2.05, 4.69) is 84.9 Å². The largest absolute Gasteiger partial charge is 0.336 e. The lowest BCUT2D eigenvalue weighted by atomic mass is 9.86. The van der Waals surface area contributed by atoms with Crippen LogP contribution in [0, 0.1) is 0 Å². The number of aryl methyl sites for hydroxylation is 1. The first-order chi connectivity index (χ1) is 34.4. The molecule has 0 aliphatic heterocycles. The minimum absolute atomic E-state index is 0.114. The van der Waals surface area contributed by atoms with Gasteiger partial charge >= 0.3 is 0 Å². The SMILES string of the molecule is Cn1ccc(-c2ccccc2-c2cc(-c3ccccc3-c3ccn4c(=O)c5ccccc5nc4c3)cc(-c3ccccc3-c3ccn4c(=O)c5ccccc5nc4c3)c2)cc1=Nc1ccccc1C=O. The number of nitrogens with zero attached hydrogens (tertiary/aromatic N) is 6. The molecule has 0 unspecified atom stereocenters. The van der Waals surface area contributed by atoms with Gasteiger partial charge in [-0.3, -0.25) is 23.2 Å². The number of benzene rings is 7.